The molecule has 7 nitrogen and oxygen atoms in total. The molecule has 7 heteroatoms. The Labute approximate surface area is 223 Å². The van der Waals surface area contributed by atoms with Crippen LogP contribution in [0.25, 0.3) is 22.2 Å². The smallest absolute Gasteiger partial charge is 0.253 e. The number of fused-ring (bicyclic) bond motifs is 1. The van der Waals surface area contributed by atoms with Gasteiger partial charge in [-0.15, -0.1) is 0 Å². The van der Waals surface area contributed by atoms with Crippen LogP contribution in [-0.2, 0) is 6.54 Å². The van der Waals surface area contributed by atoms with Crippen molar-refractivity contribution in [2.24, 2.45) is 0 Å². The molecule has 0 bridgehead atoms. The number of hydroxylamine groups is 3. The van der Waals surface area contributed by atoms with Crippen molar-refractivity contribution in [3.63, 3.8) is 0 Å². The van der Waals surface area contributed by atoms with Crippen molar-refractivity contribution in [3.05, 3.63) is 107 Å². The lowest BCUT2D eigenvalue weighted by molar-refractivity contribution is -0.898. The third-order valence-electron chi connectivity index (χ3n) is 7.29. The minimum absolute atomic E-state index is 0.132. The molecule has 1 atom stereocenters. The molecule has 1 amide bonds. The number of quaternary nitrogens is 1. The summed E-state index contributed by atoms with van der Waals surface area (Å²) in [6, 6.07) is 28.5. The number of aromatic nitrogens is 1. The molecule has 192 valence electrons. The van der Waals surface area contributed by atoms with Crippen LogP contribution in [0.1, 0.15) is 33.9 Å². The predicted octanol–water partition coefficient (Wildman–Crippen LogP) is 5.05. The van der Waals surface area contributed by atoms with Gasteiger partial charge < -0.3 is 15.2 Å². The fraction of sp³-hybridized carbons (Fsp3) is 0.258. The van der Waals surface area contributed by atoms with E-state index in [-0.39, 0.29) is 18.9 Å². The summed E-state index contributed by atoms with van der Waals surface area (Å²) in [5.74, 6) is -0.305. The van der Waals surface area contributed by atoms with E-state index in [0.29, 0.717) is 53.9 Å². The van der Waals surface area contributed by atoms with Crippen molar-refractivity contribution in [1.29, 1.82) is 5.26 Å². The van der Waals surface area contributed by atoms with E-state index in [4.69, 9.17) is 4.98 Å². The van der Waals surface area contributed by atoms with Crippen LogP contribution in [0, 0.1) is 16.5 Å². The van der Waals surface area contributed by atoms with E-state index in [2.05, 4.69) is 16.3 Å². The zero-order valence-corrected chi connectivity index (χ0v) is 21.5. The van der Waals surface area contributed by atoms with E-state index in [9.17, 15) is 15.3 Å². The van der Waals surface area contributed by atoms with Crippen LogP contribution in [0.4, 0.5) is 0 Å². The fourth-order valence-corrected chi connectivity index (χ4v) is 5.13. The third kappa shape index (κ3) is 5.43. The summed E-state index contributed by atoms with van der Waals surface area (Å²) in [6.07, 6.45) is 0.132. The van der Waals surface area contributed by atoms with Gasteiger partial charge in [0.1, 0.15) is 6.54 Å². The van der Waals surface area contributed by atoms with Crippen LogP contribution in [-0.4, -0.2) is 53.7 Å². The highest BCUT2D eigenvalue weighted by Crippen LogP contribution is 2.34. The van der Waals surface area contributed by atoms with Gasteiger partial charge in [0, 0.05) is 29.6 Å². The third-order valence-corrected chi connectivity index (χ3v) is 7.29. The molecule has 0 saturated carbocycles. The lowest BCUT2D eigenvalue weighted by Crippen LogP contribution is -2.54. The first-order valence-electron chi connectivity index (χ1n) is 12.9. The molecule has 0 aliphatic carbocycles. The molecule has 5 rings (SSSR count). The Bertz CT molecular complexity index is 1460. The van der Waals surface area contributed by atoms with E-state index in [0.717, 1.165) is 11.1 Å². The highest BCUT2D eigenvalue weighted by atomic mass is 16.5. The maximum atomic E-state index is 14.2. The van der Waals surface area contributed by atoms with Crippen molar-refractivity contribution in [1.82, 2.24) is 15.2 Å². The zero-order valence-electron chi connectivity index (χ0n) is 21.5. The summed E-state index contributed by atoms with van der Waals surface area (Å²) in [7, 11) is 2.02. The number of pyridine rings is 1. The molecular formula is C31H31N5O2. The van der Waals surface area contributed by atoms with Crippen LogP contribution in [0.5, 0.6) is 0 Å². The summed E-state index contributed by atoms with van der Waals surface area (Å²) >= 11 is 0. The van der Waals surface area contributed by atoms with Crippen molar-refractivity contribution in [3.8, 4) is 17.3 Å². The fourth-order valence-electron chi connectivity index (χ4n) is 5.13. The molecule has 0 radical (unpaired) electrons. The number of nitrogens with zero attached hydrogens (tertiary/aromatic N) is 4. The highest BCUT2D eigenvalue weighted by Gasteiger charge is 2.31. The van der Waals surface area contributed by atoms with Gasteiger partial charge in [-0.25, -0.2) is 4.98 Å². The molecule has 4 aromatic rings. The number of carbonyl (C=O) groups excluding carboxylic acids is 1. The minimum Gasteiger partial charge on any atom is -0.632 e. The summed E-state index contributed by atoms with van der Waals surface area (Å²) in [5.41, 5.74) is 4.17. The minimum atomic E-state index is -0.479. The van der Waals surface area contributed by atoms with Gasteiger partial charge in [0.2, 0.25) is 0 Å². The van der Waals surface area contributed by atoms with Gasteiger partial charge in [-0.3, -0.25) is 9.69 Å². The number of amides is 1. The Morgan fingerprint density at radius 2 is 1.66 bits per heavy atom. The molecule has 3 aromatic carbocycles. The summed E-state index contributed by atoms with van der Waals surface area (Å²) in [4.78, 5) is 21.3. The zero-order chi connectivity index (χ0) is 26.5. The average Bonchev–Trinajstić information content (AvgIpc) is 2.95. The first kappa shape index (κ1) is 25.6. The number of carbonyl (C=O) groups is 1. The van der Waals surface area contributed by atoms with Gasteiger partial charge in [0.15, 0.2) is 0 Å². The maximum Gasteiger partial charge on any atom is 0.253 e. The van der Waals surface area contributed by atoms with E-state index >= 15 is 0 Å². The van der Waals surface area contributed by atoms with Gasteiger partial charge in [-0.2, -0.15) is 5.26 Å². The van der Waals surface area contributed by atoms with Crippen molar-refractivity contribution >= 4 is 16.8 Å². The molecule has 1 aliphatic rings. The first-order valence-corrected chi connectivity index (χ1v) is 12.9. The second-order valence-corrected chi connectivity index (χ2v) is 9.96. The lowest BCUT2D eigenvalue weighted by atomic mass is 9.94. The largest absolute Gasteiger partial charge is 0.632 e. The van der Waals surface area contributed by atoms with Crippen LogP contribution >= 0.6 is 0 Å². The monoisotopic (exact) mass is 505 g/mol. The van der Waals surface area contributed by atoms with Crippen LogP contribution in [0.3, 0.4) is 0 Å². The molecule has 1 fully saturated rings. The Morgan fingerprint density at radius 3 is 2.34 bits per heavy atom. The second-order valence-electron chi connectivity index (χ2n) is 9.96. The summed E-state index contributed by atoms with van der Waals surface area (Å²) < 4.78 is -0.412. The van der Waals surface area contributed by atoms with Gasteiger partial charge in [-0.1, -0.05) is 78.9 Å². The maximum absolute atomic E-state index is 14.2. The van der Waals surface area contributed by atoms with Gasteiger partial charge in [0.25, 0.3) is 5.91 Å². The number of hydrogen-bond acceptors (Lipinski definition) is 5. The number of para-hydroxylation sites is 1. The van der Waals surface area contributed by atoms with E-state index < -0.39 is 10.7 Å². The highest BCUT2D eigenvalue weighted by molar-refractivity contribution is 6.09. The van der Waals surface area contributed by atoms with Crippen LogP contribution < -0.4 is 5.32 Å². The van der Waals surface area contributed by atoms with Crippen molar-refractivity contribution in [2.45, 2.75) is 19.0 Å². The summed E-state index contributed by atoms with van der Waals surface area (Å²) in [5, 5.41) is 27.3. The van der Waals surface area contributed by atoms with Crippen LogP contribution in [0.15, 0.2) is 84.9 Å². The number of hydrogen-bond donors (Lipinski definition) is 1. The topological polar surface area (TPSA) is 92.1 Å². The molecule has 0 spiro atoms. The number of benzene rings is 3. The Morgan fingerprint density at radius 1 is 1.03 bits per heavy atom. The number of nitriles is 1. The molecular weight excluding hydrogens is 474 g/mol. The quantitative estimate of drug-likeness (QED) is 0.280. The summed E-state index contributed by atoms with van der Waals surface area (Å²) in [6.45, 7) is 2.43. The predicted molar refractivity (Wildman–Crippen MR) is 149 cm³/mol. The molecule has 1 aromatic heterocycles. The molecule has 1 aliphatic heterocycles. The Balaban J connectivity index is 1.67. The van der Waals surface area contributed by atoms with Gasteiger partial charge in [-0.05, 0) is 18.7 Å². The van der Waals surface area contributed by atoms with E-state index in [1.54, 1.807) is 0 Å². The number of nitrogens with one attached hydrogen (secondary N) is 1. The normalized spacial score (nSPS) is 16.0. The standard InChI is InChI=1S/C31H31N5O2/c1-35-18-20-36(38,21-19-35)22-26-29(31(37)34-27(16-17-32)23-10-4-2-5-11-23)25-14-8-9-15-28(25)33-30(26)24-12-6-3-7-13-24/h2-15,27H,16,18-22H2,1H3,(H,34,37). The molecule has 1 unspecified atom stereocenters. The van der Waals surface area contributed by atoms with Crippen LogP contribution in [0.2, 0.25) is 0 Å². The Kier molecular flexibility index (Phi) is 7.47. The van der Waals surface area contributed by atoms with Gasteiger partial charge >= 0.3 is 0 Å². The van der Waals surface area contributed by atoms with Gasteiger partial charge in [0.05, 0.1) is 48.4 Å². The lowest BCUT2D eigenvalue weighted by Gasteiger charge is -2.48. The average molecular weight is 506 g/mol. The first-order chi connectivity index (χ1) is 18.5. The molecule has 38 heavy (non-hydrogen) atoms. The number of likely N-dealkylation sites (N-methyl/N-ethyl adjacent to an activating group) is 1. The second kappa shape index (κ2) is 11.1. The van der Waals surface area contributed by atoms with E-state index in [1.807, 2.05) is 92.0 Å². The SMILES string of the molecule is CN1CC[N+]([O-])(Cc2c(-c3ccccc3)nc3ccccc3c2C(=O)NC(CC#N)c2ccccc2)CC1. The number of rotatable bonds is 7. The molecule has 1 saturated heterocycles. The number of piperazine rings is 1. The molecule has 1 N–H and O–H groups in total. The van der Waals surface area contributed by atoms with E-state index in [1.165, 1.54) is 0 Å². The Hall–Kier alpha value is -4.09. The van der Waals surface area contributed by atoms with Crippen molar-refractivity contribution < 1.29 is 9.44 Å². The van der Waals surface area contributed by atoms with Crippen molar-refractivity contribution in [2.75, 3.05) is 33.2 Å². The molecule has 2 heterocycles.